The van der Waals surface area contributed by atoms with E-state index in [1.165, 1.54) is 19.4 Å². The molecule has 1 atom stereocenters. The van der Waals surface area contributed by atoms with Crippen molar-refractivity contribution in [1.82, 2.24) is 10.2 Å². The van der Waals surface area contributed by atoms with Gasteiger partial charge in [-0.25, -0.2) is 0 Å². The average Bonchev–Trinajstić information content (AvgIpc) is 2.20. The fourth-order valence-corrected chi connectivity index (χ4v) is 2.05. The van der Waals surface area contributed by atoms with Gasteiger partial charge in [-0.2, -0.15) is 0 Å². The molecule has 0 aliphatic heterocycles. The molecule has 0 aliphatic carbocycles. The second-order valence-corrected chi connectivity index (χ2v) is 5.59. The van der Waals surface area contributed by atoms with Crippen LogP contribution >= 0.6 is 0 Å². The first-order chi connectivity index (χ1) is 7.49. The van der Waals surface area contributed by atoms with Crippen molar-refractivity contribution in [3.8, 4) is 0 Å². The third kappa shape index (κ3) is 7.24. The molecule has 0 aliphatic rings. The molecule has 0 amide bonds. The lowest BCUT2D eigenvalue weighted by atomic mass is 10.1. The molecule has 0 aromatic heterocycles. The van der Waals surface area contributed by atoms with Crippen LogP contribution in [0.4, 0.5) is 0 Å². The molecule has 2 heteroatoms. The Morgan fingerprint density at radius 3 is 2.12 bits per heavy atom. The van der Waals surface area contributed by atoms with Crippen molar-refractivity contribution in [2.75, 3.05) is 19.6 Å². The third-order valence-corrected chi connectivity index (χ3v) is 2.95. The lowest BCUT2D eigenvalue weighted by molar-refractivity contribution is 0.142. The molecule has 0 bridgehead atoms. The highest BCUT2D eigenvalue weighted by molar-refractivity contribution is 4.74. The molecule has 0 saturated carbocycles. The number of nitrogens with one attached hydrogen (secondary N) is 1. The second kappa shape index (κ2) is 9.00. The van der Waals surface area contributed by atoms with E-state index < -0.39 is 0 Å². The summed E-state index contributed by atoms with van der Waals surface area (Å²) in [4.78, 5) is 2.60. The number of hydrogen-bond acceptors (Lipinski definition) is 2. The summed E-state index contributed by atoms with van der Waals surface area (Å²) in [6.07, 6.45) is 2.57. The number of hydrogen-bond donors (Lipinski definition) is 1. The van der Waals surface area contributed by atoms with Crippen LogP contribution < -0.4 is 5.32 Å². The van der Waals surface area contributed by atoms with Crippen LogP contribution in [-0.4, -0.2) is 36.6 Å². The largest absolute Gasteiger partial charge is 0.315 e. The SMILES string of the molecule is CCCCNCC(C)N(CC(C)C)C(C)C. The molecule has 16 heavy (non-hydrogen) atoms. The number of nitrogens with zero attached hydrogens (tertiary/aromatic N) is 1. The molecule has 0 fully saturated rings. The molecule has 0 heterocycles. The van der Waals surface area contributed by atoms with E-state index in [4.69, 9.17) is 0 Å². The zero-order valence-corrected chi connectivity index (χ0v) is 12.2. The summed E-state index contributed by atoms with van der Waals surface area (Å²) in [6.45, 7) is 17.2. The van der Waals surface area contributed by atoms with E-state index in [0.29, 0.717) is 12.1 Å². The van der Waals surface area contributed by atoms with Crippen LogP contribution in [0.1, 0.15) is 54.4 Å². The third-order valence-electron chi connectivity index (χ3n) is 2.95. The summed E-state index contributed by atoms with van der Waals surface area (Å²) in [5.74, 6) is 0.750. The summed E-state index contributed by atoms with van der Waals surface area (Å²) in [5, 5.41) is 3.55. The topological polar surface area (TPSA) is 15.3 Å². The van der Waals surface area contributed by atoms with E-state index >= 15 is 0 Å². The zero-order chi connectivity index (χ0) is 12.6. The van der Waals surface area contributed by atoms with E-state index in [2.05, 4.69) is 51.8 Å². The van der Waals surface area contributed by atoms with E-state index in [9.17, 15) is 0 Å². The first kappa shape index (κ1) is 15.9. The van der Waals surface area contributed by atoms with Crippen molar-refractivity contribution >= 4 is 0 Å². The summed E-state index contributed by atoms with van der Waals surface area (Å²) in [5.41, 5.74) is 0. The smallest absolute Gasteiger partial charge is 0.0195 e. The maximum Gasteiger partial charge on any atom is 0.0195 e. The van der Waals surface area contributed by atoms with Crippen LogP contribution in [-0.2, 0) is 0 Å². The minimum Gasteiger partial charge on any atom is -0.315 e. The molecule has 2 nitrogen and oxygen atoms in total. The van der Waals surface area contributed by atoms with Gasteiger partial charge < -0.3 is 5.32 Å². The minimum absolute atomic E-state index is 0.638. The van der Waals surface area contributed by atoms with E-state index in [-0.39, 0.29) is 0 Å². The van der Waals surface area contributed by atoms with Gasteiger partial charge in [-0.05, 0) is 39.7 Å². The van der Waals surface area contributed by atoms with Gasteiger partial charge in [0.1, 0.15) is 0 Å². The molecule has 0 rings (SSSR count). The molecular weight excluding hydrogens is 196 g/mol. The summed E-state index contributed by atoms with van der Waals surface area (Å²) in [7, 11) is 0. The summed E-state index contributed by atoms with van der Waals surface area (Å²) in [6, 6.07) is 1.28. The first-order valence-electron chi connectivity index (χ1n) is 6.95. The van der Waals surface area contributed by atoms with Crippen molar-refractivity contribution in [2.45, 2.75) is 66.5 Å². The Balaban J connectivity index is 3.92. The Hall–Kier alpha value is -0.0800. The molecule has 0 radical (unpaired) electrons. The van der Waals surface area contributed by atoms with Crippen LogP contribution in [0.15, 0.2) is 0 Å². The Bertz CT molecular complexity index is 155. The Labute approximate surface area is 103 Å². The summed E-state index contributed by atoms with van der Waals surface area (Å²) >= 11 is 0. The fourth-order valence-electron chi connectivity index (χ4n) is 2.05. The Morgan fingerprint density at radius 1 is 1.06 bits per heavy atom. The maximum absolute atomic E-state index is 3.55. The van der Waals surface area contributed by atoms with Crippen molar-refractivity contribution in [1.29, 1.82) is 0 Å². The van der Waals surface area contributed by atoms with Gasteiger partial charge in [0, 0.05) is 25.2 Å². The highest BCUT2D eigenvalue weighted by Gasteiger charge is 2.17. The van der Waals surface area contributed by atoms with Gasteiger partial charge in [-0.3, -0.25) is 4.90 Å². The molecule has 0 saturated heterocycles. The van der Waals surface area contributed by atoms with Crippen LogP contribution in [0, 0.1) is 5.92 Å². The lowest BCUT2D eigenvalue weighted by Gasteiger charge is -2.34. The average molecular weight is 228 g/mol. The monoisotopic (exact) mass is 228 g/mol. The van der Waals surface area contributed by atoms with Crippen molar-refractivity contribution < 1.29 is 0 Å². The molecule has 0 spiro atoms. The normalized spacial score (nSPS) is 14.1. The fraction of sp³-hybridized carbons (Fsp3) is 1.00. The zero-order valence-electron chi connectivity index (χ0n) is 12.2. The lowest BCUT2D eigenvalue weighted by Crippen LogP contribution is -2.46. The van der Waals surface area contributed by atoms with Crippen LogP contribution in [0.3, 0.4) is 0 Å². The maximum atomic E-state index is 3.55. The van der Waals surface area contributed by atoms with Crippen LogP contribution in [0.5, 0.6) is 0 Å². The molecular formula is C14H32N2. The van der Waals surface area contributed by atoms with Gasteiger partial charge in [0.15, 0.2) is 0 Å². The van der Waals surface area contributed by atoms with Gasteiger partial charge >= 0.3 is 0 Å². The van der Waals surface area contributed by atoms with Gasteiger partial charge in [0.05, 0.1) is 0 Å². The predicted molar refractivity (Wildman–Crippen MR) is 73.9 cm³/mol. The molecule has 1 unspecified atom stereocenters. The molecule has 0 aromatic rings. The second-order valence-electron chi connectivity index (χ2n) is 5.59. The highest BCUT2D eigenvalue weighted by atomic mass is 15.2. The molecule has 1 N–H and O–H groups in total. The Kier molecular flexibility index (Phi) is 8.96. The minimum atomic E-state index is 0.638. The first-order valence-corrected chi connectivity index (χ1v) is 6.95. The predicted octanol–water partition coefficient (Wildman–Crippen LogP) is 3.13. The van der Waals surface area contributed by atoms with Crippen LogP contribution in [0.2, 0.25) is 0 Å². The number of rotatable bonds is 9. The highest BCUT2D eigenvalue weighted by Crippen LogP contribution is 2.08. The van der Waals surface area contributed by atoms with Gasteiger partial charge in [0.2, 0.25) is 0 Å². The van der Waals surface area contributed by atoms with Crippen molar-refractivity contribution in [3.05, 3.63) is 0 Å². The van der Waals surface area contributed by atoms with Gasteiger partial charge in [0.25, 0.3) is 0 Å². The molecule has 0 aromatic carbocycles. The summed E-state index contributed by atoms with van der Waals surface area (Å²) < 4.78 is 0. The van der Waals surface area contributed by atoms with Crippen molar-refractivity contribution in [2.24, 2.45) is 5.92 Å². The van der Waals surface area contributed by atoms with Gasteiger partial charge in [-0.15, -0.1) is 0 Å². The van der Waals surface area contributed by atoms with Crippen LogP contribution in [0.25, 0.3) is 0 Å². The van der Waals surface area contributed by atoms with E-state index in [1.54, 1.807) is 0 Å². The van der Waals surface area contributed by atoms with Crippen molar-refractivity contribution in [3.63, 3.8) is 0 Å². The Morgan fingerprint density at radius 2 is 1.69 bits per heavy atom. The number of unbranched alkanes of at least 4 members (excludes halogenated alkanes) is 1. The molecule has 98 valence electrons. The van der Waals surface area contributed by atoms with E-state index in [0.717, 1.165) is 19.0 Å². The quantitative estimate of drug-likeness (QED) is 0.610. The van der Waals surface area contributed by atoms with E-state index in [1.807, 2.05) is 0 Å². The standard InChI is InChI=1S/C14H32N2/c1-7-8-9-15-10-14(6)16(13(4)5)11-12(2)3/h12-15H,7-11H2,1-6H3. The van der Waals surface area contributed by atoms with Gasteiger partial charge in [-0.1, -0.05) is 27.2 Å².